The Balaban J connectivity index is 2.15. The van der Waals surface area contributed by atoms with Crippen molar-refractivity contribution in [2.24, 2.45) is 0 Å². The highest BCUT2D eigenvalue weighted by Gasteiger charge is 2.16. The lowest BCUT2D eigenvalue weighted by Gasteiger charge is -2.07. The van der Waals surface area contributed by atoms with E-state index >= 15 is 0 Å². The Morgan fingerprint density at radius 3 is 2.81 bits per heavy atom. The zero-order valence-electron chi connectivity index (χ0n) is 9.27. The van der Waals surface area contributed by atoms with Crippen LogP contribution in [0.1, 0.15) is 22.4 Å². The number of rotatable bonds is 1. The van der Waals surface area contributed by atoms with Crippen molar-refractivity contribution in [3.63, 3.8) is 0 Å². The quantitative estimate of drug-likeness (QED) is 0.698. The lowest BCUT2D eigenvalue weighted by molar-refractivity contribution is 1.22. The molecule has 3 rings (SSSR count). The van der Waals surface area contributed by atoms with Gasteiger partial charge in [-0.05, 0) is 36.1 Å². The molecule has 0 radical (unpaired) electrons. The zero-order valence-corrected chi connectivity index (χ0v) is 9.27. The maximum Gasteiger partial charge on any atom is 0.0734 e. The van der Waals surface area contributed by atoms with Gasteiger partial charge in [-0.2, -0.15) is 0 Å². The van der Waals surface area contributed by atoms with Gasteiger partial charge < -0.3 is 0 Å². The van der Waals surface area contributed by atoms with Crippen LogP contribution in [0.25, 0.3) is 5.57 Å². The number of pyridine rings is 1. The maximum absolute atomic E-state index is 4.49. The normalized spacial score (nSPS) is 13.4. The molecular weight excluding hydrogens is 194 g/mol. The van der Waals surface area contributed by atoms with Gasteiger partial charge in [0.1, 0.15) is 0 Å². The van der Waals surface area contributed by atoms with Gasteiger partial charge in [0.05, 0.1) is 5.69 Å². The van der Waals surface area contributed by atoms with E-state index in [2.05, 4.69) is 48.3 Å². The lowest BCUT2D eigenvalue weighted by Crippen LogP contribution is -1.93. The van der Waals surface area contributed by atoms with Gasteiger partial charge >= 0.3 is 0 Å². The summed E-state index contributed by atoms with van der Waals surface area (Å²) in [5, 5.41) is 0. The molecule has 0 unspecified atom stereocenters. The summed E-state index contributed by atoms with van der Waals surface area (Å²) in [5.41, 5.74) is 6.39. The third-order valence-corrected chi connectivity index (χ3v) is 3.10. The second-order valence-electron chi connectivity index (χ2n) is 4.15. The zero-order chi connectivity index (χ0) is 11.0. The summed E-state index contributed by atoms with van der Waals surface area (Å²) in [5.74, 6) is 0. The third-order valence-electron chi connectivity index (χ3n) is 3.10. The average Bonchev–Trinajstić information content (AvgIpc) is 2.74. The van der Waals surface area contributed by atoms with E-state index in [1.165, 1.54) is 22.3 Å². The Morgan fingerprint density at radius 2 is 1.94 bits per heavy atom. The van der Waals surface area contributed by atoms with Gasteiger partial charge in [0, 0.05) is 11.8 Å². The Morgan fingerprint density at radius 1 is 1.06 bits per heavy atom. The van der Waals surface area contributed by atoms with E-state index in [0.29, 0.717) is 0 Å². The molecule has 1 aromatic heterocycles. The first kappa shape index (κ1) is 9.34. The molecule has 0 fully saturated rings. The Kier molecular flexibility index (Phi) is 2.10. The number of nitrogens with zero attached hydrogens (tertiary/aromatic N) is 1. The first-order valence-corrected chi connectivity index (χ1v) is 5.56. The fourth-order valence-electron chi connectivity index (χ4n) is 2.27. The van der Waals surface area contributed by atoms with Crippen LogP contribution in [-0.2, 0) is 6.42 Å². The van der Waals surface area contributed by atoms with Crippen LogP contribution in [0.4, 0.5) is 0 Å². The van der Waals surface area contributed by atoms with Crippen LogP contribution in [0.2, 0.25) is 0 Å². The number of aromatic nitrogens is 1. The van der Waals surface area contributed by atoms with Crippen LogP contribution in [0.15, 0.2) is 48.7 Å². The second-order valence-corrected chi connectivity index (χ2v) is 4.15. The largest absolute Gasteiger partial charge is 0.256 e. The molecule has 78 valence electrons. The minimum atomic E-state index is 1.03. The first-order valence-electron chi connectivity index (χ1n) is 5.56. The topological polar surface area (TPSA) is 12.9 Å². The number of hydrogen-bond donors (Lipinski definition) is 0. The van der Waals surface area contributed by atoms with Gasteiger partial charge in [-0.15, -0.1) is 0 Å². The minimum absolute atomic E-state index is 1.03. The van der Waals surface area contributed by atoms with Gasteiger partial charge in [0.2, 0.25) is 0 Å². The van der Waals surface area contributed by atoms with Crippen molar-refractivity contribution in [1.29, 1.82) is 0 Å². The van der Waals surface area contributed by atoms with Crippen molar-refractivity contribution >= 4 is 5.57 Å². The van der Waals surface area contributed by atoms with Crippen molar-refractivity contribution in [3.8, 4) is 0 Å². The van der Waals surface area contributed by atoms with Gasteiger partial charge in [0.25, 0.3) is 0 Å². The predicted octanol–water partition coefficient (Wildman–Crippen LogP) is 3.38. The van der Waals surface area contributed by atoms with E-state index in [4.69, 9.17) is 0 Å². The molecule has 0 spiro atoms. The highest BCUT2D eigenvalue weighted by molar-refractivity contribution is 5.84. The molecule has 1 heteroatoms. The average molecular weight is 207 g/mol. The summed E-state index contributed by atoms with van der Waals surface area (Å²) in [7, 11) is 0. The molecule has 0 saturated heterocycles. The molecule has 1 aromatic carbocycles. The summed E-state index contributed by atoms with van der Waals surface area (Å²) in [4.78, 5) is 4.49. The molecule has 0 saturated carbocycles. The minimum Gasteiger partial charge on any atom is -0.256 e. The molecule has 1 nitrogen and oxygen atoms in total. The van der Waals surface area contributed by atoms with E-state index in [0.717, 1.165) is 12.1 Å². The van der Waals surface area contributed by atoms with Crippen molar-refractivity contribution in [1.82, 2.24) is 4.98 Å². The monoisotopic (exact) mass is 207 g/mol. The SMILES string of the molecule is Cc1cccnc1C1=CCc2ccccc21. The molecule has 0 atom stereocenters. The number of hydrogen-bond acceptors (Lipinski definition) is 1. The molecule has 16 heavy (non-hydrogen) atoms. The van der Waals surface area contributed by atoms with E-state index < -0.39 is 0 Å². The summed E-state index contributed by atoms with van der Waals surface area (Å²) in [6.07, 6.45) is 5.17. The second kappa shape index (κ2) is 3.60. The van der Waals surface area contributed by atoms with Gasteiger partial charge in [-0.25, -0.2) is 0 Å². The van der Waals surface area contributed by atoms with Crippen LogP contribution in [0.3, 0.4) is 0 Å². The van der Waals surface area contributed by atoms with Crippen molar-refractivity contribution in [3.05, 3.63) is 71.1 Å². The van der Waals surface area contributed by atoms with Crippen LogP contribution in [0, 0.1) is 6.92 Å². The highest BCUT2D eigenvalue weighted by atomic mass is 14.7. The Hall–Kier alpha value is -1.89. The molecule has 0 amide bonds. The lowest BCUT2D eigenvalue weighted by atomic mass is 10.0. The highest BCUT2D eigenvalue weighted by Crippen LogP contribution is 2.32. The maximum atomic E-state index is 4.49. The standard InChI is InChI=1S/C15H13N/c1-11-5-4-10-16-15(11)14-9-8-12-6-2-3-7-13(12)14/h2-7,9-10H,8H2,1H3. The summed E-state index contributed by atoms with van der Waals surface area (Å²) in [6.45, 7) is 2.12. The van der Waals surface area contributed by atoms with Crippen LogP contribution >= 0.6 is 0 Å². The fourth-order valence-corrected chi connectivity index (χ4v) is 2.27. The number of allylic oxidation sites excluding steroid dienone is 1. The molecule has 0 N–H and O–H groups in total. The third kappa shape index (κ3) is 1.36. The molecule has 1 aliphatic rings. The van der Waals surface area contributed by atoms with Crippen molar-refractivity contribution in [2.75, 3.05) is 0 Å². The van der Waals surface area contributed by atoms with E-state index in [9.17, 15) is 0 Å². The number of benzene rings is 1. The predicted molar refractivity (Wildman–Crippen MR) is 66.2 cm³/mol. The first-order chi connectivity index (χ1) is 7.86. The molecule has 0 bridgehead atoms. The van der Waals surface area contributed by atoms with E-state index in [1.807, 2.05) is 12.3 Å². The van der Waals surface area contributed by atoms with Gasteiger partial charge in [-0.1, -0.05) is 36.4 Å². The van der Waals surface area contributed by atoms with Crippen molar-refractivity contribution in [2.45, 2.75) is 13.3 Å². The van der Waals surface area contributed by atoms with Gasteiger partial charge in [0.15, 0.2) is 0 Å². The molecule has 1 aliphatic carbocycles. The van der Waals surface area contributed by atoms with E-state index in [-0.39, 0.29) is 0 Å². The number of aryl methyl sites for hydroxylation is 1. The molecule has 0 aliphatic heterocycles. The van der Waals surface area contributed by atoms with Crippen LogP contribution < -0.4 is 0 Å². The van der Waals surface area contributed by atoms with Crippen LogP contribution in [-0.4, -0.2) is 4.98 Å². The smallest absolute Gasteiger partial charge is 0.0734 e. The number of fused-ring (bicyclic) bond motifs is 1. The summed E-state index contributed by atoms with van der Waals surface area (Å²) in [6, 6.07) is 12.7. The Labute approximate surface area is 95.5 Å². The molecule has 2 aromatic rings. The Bertz CT molecular complexity index is 567. The summed E-state index contributed by atoms with van der Waals surface area (Å²) < 4.78 is 0. The summed E-state index contributed by atoms with van der Waals surface area (Å²) >= 11 is 0. The molecular formula is C15H13N. The fraction of sp³-hybridized carbons (Fsp3) is 0.133. The molecule has 1 heterocycles. The van der Waals surface area contributed by atoms with Crippen molar-refractivity contribution < 1.29 is 0 Å². The van der Waals surface area contributed by atoms with Crippen LogP contribution in [0.5, 0.6) is 0 Å². The van der Waals surface area contributed by atoms with E-state index in [1.54, 1.807) is 0 Å². The van der Waals surface area contributed by atoms with Gasteiger partial charge in [-0.3, -0.25) is 4.98 Å².